The largest absolute Gasteiger partial charge is 0.399 e. The molecule has 1 fully saturated rings. The van der Waals surface area contributed by atoms with Crippen LogP contribution in [0.2, 0.25) is 0 Å². The second-order valence-electron chi connectivity index (χ2n) is 6.43. The number of nitrogens with one attached hydrogen (secondary N) is 1. The third kappa shape index (κ3) is 3.15. The molecule has 3 N–H and O–H groups in total. The van der Waals surface area contributed by atoms with Crippen molar-refractivity contribution in [1.29, 1.82) is 0 Å². The highest BCUT2D eigenvalue weighted by molar-refractivity contribution is 7.89. The Hall–Kier alpha value is -1.07. The van der Waals surface area contributed by atoms with E-state index in [4.69, 9.17) is 5.73 Å². The Morgan fingerprint density at radius 1 is 1.30 bits per heavy atom. The molecule has 0 amide bonds. The van der Waals surface area contributed by atoms with Crippen molar-refractivity contribution in [3.05, 3.63) is 23.8 Å². The molecule has 1 aromatic carbocycles. The van der Waals surface area contributed by atoms with Crippen LogP contribution >= 0.6 is 0 Å². The standard InChI is InChI=1S/C15H24N2O2S/c1-11-7-8-12(16)10-13(11)20(18,19)17-14-6-4-5-9-15(14,2)3/h7-8,10,14,17H,4-6,9,16H2,1-3H3. The predicted molar refractivity (Wildman–Crippen MR) is 81.9 cm³/mol. The van der Waals surface area contributed by atoms with Crippen molar-refractivity contribution < 1.29 is 8.42 Å². The number of nitrogen functional groups attached to an aromatic ring is 1. The molecule has 1 aliphatic rings. The summed E-state index contributed by atoms with van der Waals surface area (Å²) in [6.07, 6.45) is 4.19. The molecule has 0 aliphatic heterocycles. The molecule has 1 unspecified atom stereocenters. The second kappa shape index (κ2) is 5.37. The molecule has 0 aromatic heterocycles. The summed E-state index contributed by atoms with van der Waals surface area (Å²) in [5.74, 6) is 0. The van der Waals surface area contributed by atoms with Gasteiger partial charge in [-0.3, -0.25) is 0 Å². The minimum absolute atomic E-state index is 0.000447. The molecule has 0 radical (unpaired) electrons. The fourth-order valence-electron chi connectivity index (χ4n) is 2.87. The van der Waals surface area contributed by atoms with Gasteiger partial charge in [0.2, 0.25) is 10.0 Å². The number of rotatable bonds is 3. The molecule has 0 heterocycles. The maximum atomic E-state index is 12.6. The smallest absolute Gasteiger partial charge is 0.241 e. The Morgan fingerprint density at radius 2 is 2.00 bits per heavy atom. The van der Waals surface area contributed by atoms with E-state index in [2.05, 4.69) is 18.6 Å². The summed E-state index contributed by atoms with van der Waals surface area (Å²) in [7, 11) is -3.51. The zero-order valence-electron chi connectivity index (χ0n) is 12.4. The highest BCUT2D eigenvalue weighted by Crippen LogP contribution is 2.36. The molecule has 4 nitrogen and oxygen atoms in total. The Balaban J connectivity index is 2.29. The quantitative estimate of drug-likeness (QED) is 0.842. The molecule has 0 spiro atoms. The average Bonchev–Trinajstić information content (AvgIpc) is 2.34. The fraction of sp³-hybridized carbons (Fsp3) is 0.600. The minimum Gasteiger partial charge on any atom is -0.399 e. The van der Waals surface area contributed by atoms with E-state index >= 15 is 0 Å². The lowest BCUT2D eigenvalue weighted by Crippen LogP contribution is -2.46. The lowest BCUT2D eigenvalue weighted by molar-refractivity contribution is 0.188. The van der Waals surface area contributed by atoms with E-state index in [0.717, 1.165) is 24.8 Å². The van der Waals surface area contributed by atoms with Gasteiger partial charge in [-0.1, -0.05) is 32.8 Å². The van der Waals surface area contributed by atoms with Crippen molar-refractivity contribution in [2.75, 3.05) is 5.73 Å². The molecule has 20 heavy (non-hydrogen) atoms. The summed E-state index contributed by atoms with van der Waals surface area (Å²) in [5, 5.41) is 0. The summed E-state index contributed by atoms with van der Waals surface area (Å²) >= 11 is 0. The Morgan fingerprint density at radius 3 is 2.65 bits per heavy atom. The molecular formula is C15H24N2O2S. The van der Waals surface area contributed by atoms with Crippen LogP contribution < -0.4 is 10.5 Å². The van der Waals surface area contributed by atoms with Crippen LogP contribution in [0.5, 0.6) is 0 Å². The van der Waals surface area contributed by atoms with Gasteiger partial charge in [-0.05, 0) is 42.9 Å². The van der Waals surface area contributed by atoms with Crippen LogP contribution in [-0.2, 0) is 10.0 Å². The van der Waals surface area contributed by atoms with Gasteiger partial charge in [0.05, 0.1) is 4.90 Å². The minimum atomic E-state index is -3.51. The number of hydrogen-bond donors (Lipinski definition) is 2. The lowest BCUT2D eigenvalue weighted by Gasteiger charge is -2.38. The van der Waals surface area contributed by atoms with Gasteiger partial charge in [0, 0.05) is 11.7 Å². The first-order valence-electron chi connectivity index (χ1n) is 7.11. The van der Waals surface area contributed by atoms with Crippen LogP contribution in [0, 0.1) is 12.3 Å². The first kappa shape index (κ1) is 15.3. The van der Waals surface area contributed by atoms with E-state index in [1.54, 1.807) is 19.1 Å². The topological polar surface area (TPSA) is 72.2 Å². The normalized spacial score (nSPS) is 22.6. The number of anilines is 1. The van der Waals surface area contributed by atoms with E-state index in [1.165, 1.54) is 12.5 Å². The molecular weight excluding hydrogens is 272 g/mol. The number of hydrogen-bond acceptors (Lipinski definition) is 3. The van der Waals surface area contributed by atoms with Crippen LogP contribution in [0.3, 0.4) is 0 Å². The molecule has 1 saturated carbocycles. The van der Waals surface area contributed by atoms with Gasteiger partial charge < -0.3 is 5.73 Å². The molecule has 1 atom stereocenters. The van der Waals surface area contributed by atoms with Crippen LogP contribution in [0.15, 0.2) is 23.1 Å². The first-order chi connectivity index (χ1) is 9.22. The number of sulfonamides is 1. The van der Waals surface area contributed by atoms with E-state index in [1.807, 2.05) is 0 Å². The molecule has 0 bridgehead atoms. The number of nitrogens with two attached hydrogens (primary N) is 1. The van der Waals surface area contributed by atoms with Crippen molar-refractivity contribution in [2.45, 2.75) is 57.4 Å². The first-order valence-corrected chi connectivity index (χ1v) is 8.59. The highest BCUT2D eigenvalue weighted by atomic mass is 32.2. The molecule has 5 heteroatoms. The molecule has 1 aliphatic carbocycles. The third-order valence-corrected chi connectivity index (χ3v) is 5.92. The van der Waals surface area contributed by atoms with Gasteiger partial charge >= 0.3 is 0 Å². The van der Waals surface area contributed by atoms with Crippen molar-refractivity contribution in [3.8, 4) is 0 Å². The van der Waals surface area contributed by atoms with Crippen LogP contribution in [0.1, 0.15) is 45.1 Å². The summed E-state index contributed by atoms with van der Waals surface area (Å²) in [6.45, 7) is 6.05. The van der Waals surface area contributed by atoms with Gasteiger partial charge in [-0.2, -0.15) is 0 Å². The highest BCUT2D eigenvalue weighted by Gasteiger charge is 2.35. The maximum Gasteiger partial charge on any atom is 0.241 e. The van der Waals surface area contributed by atoms with E-state index in [-0.39, 0.29) is 11.5 Å². The Bertz CT molecular complexity index is 594. The Kier molecular flexibility index (Phi) is 4.12. The van der Waals surface area contributed by atoms with Gasteiger partial charge in [0.1, 0.15) is 0 Å². The summed E-state index contributed by atoms with van der Waals surface area (Å²) in [4.78, 5) is 0.291. The Labute approximate surface area is 121 Å². The van der Waals surface area contributed by atoms with Gasteiger partial charge in [-0.15, -0.1) is 0 Å². The zero-order valence-corrected chi connectivity index (χ0v) is 13.3. The predicted octanol–water partition coefficient (Wildman–Crippen LogP) is 2.82. The van der Waals surface area contributed by atoms with Crippen LogP contribution in [0.25, 0.3) is 0 Å². The lowest BCUT2D eigenvalue weighted by atomic mass is 9.74. The van der Waals surface area contributed by atoms with E-state index in [9.17, 15) is 8.42 Å². The zero-order chi connectivity index (χ0) is 15.0. The summed E-state index contributed by atoms with van der Waals surface area (Å²) in [6, 6.07) is 4.99. The molecule has 1 aromatic rings. The van der Waals surface area contributed by atoms with Crippen molar-refractivity contribution in [3.63, 3.8) is 0 Å². The van der Waals surface area contributed by atoms with Crippen molar-refractivity contribution in [1.82, 2.24) is 4.72 Å². The van der Waals surface area contributed by atoms with E-state index < -0.39 is 10.0 Å². The molecule has 0 saturated heterocycles. The van der Waals surface area contributed by atoms with Crippen molar-refractivity contribution in [2.24, 2.45) is 5.41 Å². The fourth-order valence-corrected chi connectivity index (χ4v) is 4.59. The molecule has 2 rings (SSSR count). The maximum absolute atomic E-state index is 12.6. The summed E-state index contributed by atoms with van der Waals surface area (Å²) < 4.78 is 28.1. The summed E-state index contributed by atoms with van der Waals surface area (Å²) in [5.41, 5.74) is 6.91. The monoisotopic (exact) mass is 296 g/mol. The third-order valence-electron chi connectivity index (χ3n) is 4.31. The van der Waals surface area contributed by atoms with Crippen LogP contribution in [0.4, 0.5) is 5.69 Å². The van der Waals surface area contributed by atoms with E-state index in [0.29, 0.717) is 10.6 Å². The van der Waals surface area contributed by atoms with Crippen LogP contribution in [-0.4, -0.2) is 14.5 Å². The molecule has 112 valence electrons. The second-order valence-corrected chi connectivity index (χ2v) is 8.12. The number of aryl methyl sites for hydroxylation is 1. The van der Waals surface area contributed by atoms with Gasteiger partial charge in [0.15, 0.2) is 0 Å². The van der Waals surface area contributed by atoms with Gasteiger partial charge in [-0.25, -0.2) is 13.1 Å². The SMILES string of the molecule is Cc1ccc(N)cc1S(=O)(=O)NC1CCCCC1(C)C. The average molecular weight is 296 g/mol. The van der Waals surface area contributed by atoms with Crippen molar-refractivity contribution >= 4 is 15.7 Å². The number of benzene rings is 1. The van der Waals surface area contributed by atoms with Gasteiger partial charge in [0.25, 0.3) is 0 Å².